The Morgan fingerprint density at radius 1 is 1.10 bits per heavy atom. The first-order valence-electron chi connectivity index (χ1n) is 6.66. The summed E-state index contributed by atoms with van der Waals surface area (Å²) in [6.07, 6.45) is 0. The normalized spacial score (nSPS) is 14.2. The Hall–Kier alpha value is -2.05. The number of hydrogen-bond donors (Lipinski definition) is 2. The Kier molecular flexibility index (Phi) is 3.35. The lowest BCUT2D eigenvalue weighted by Crippen LogP contribution is -2.20. The van der Waals surface area contributed by atoms with Crippen LogP contribution in [0.25, 0.3) is 0 Å². The molecule has 0 saturated heterocycles. The summed E-state index contributed by atoms with van der Waals surface area (Å²) >= 11 is 0. The van der Waals surface area contributed by atoms with Crippen LogP contribution in [-0.2, 0) is 23.1 Å². The van der Waals surface area contributed by atoms with Gasteiger partial charge >= 0.3 is 0 Å². The molecule has 0 amide bonds. The molecular formula is C15H17N3O2S. The van der Waals surface area contributed by atoms with Crippen molar-refractivity contribution >= 4 is 21.4 Å². The van der Waals surface area contributed by atoms with Crippen molar-refractivity contribution in [3.8, 4) is 0 Å². The number of benzene rings is 2. The van der Waals surface area contributed by atoms with Crippen LogP contribution in [0, 0.1) is 0 Å². The van der Waals surface area contributed by atoms with E-state index in [0.717, 1.165) is 18.8 Å². The zero-order valence-corrected chi connectivity index (χ0v) is 12.5. The fourth-order valence-corrected chi connectivity index (χ4v) is 3.37. The zero-order chi connectivity index (χ0) is 15.0. The number of rotatable bonds is 3. The summed E-state index contributed by atoms with van der Waals surface area (Å²) in [6.45, 7) is 1.58. The van der Waals surface area contributed by atoms with Crippen molar-refractivity contribution in [2.45, 2.75) is 18.0 Å². The summed E-state index contributed by atoms with van der Waals surface area (Å²) in [5.41, 5.74) is 9.95. The molecular weight excluding hydrogens is 286 g/mol. The third-order valence-electron chi connectivity index (χ3n) is 3.76. The van der Waals surface area contributed by atoms with Crippen LogP contribution in [0.3, 0.4) is 0 Å². The Labute approximate surface area is 124 Å². The maximum atomic E-state index is 11.8. The van der Waals surface area contributed by atoms with Gasteiger partial charge in [0.05, 0.1) is 16.3 Å². The van der Waals surface area contributed by atoms with E-state index in [0.29, 0.717) is 5.69 Å². The highest BCUT2D eigenvalue weighted by Gasteiger charge is 2.21. The molecule has 2 aromatic rings. The highest BCUT2D eigenvalue weighted by Crippen LogP contribution is 2.33. The van der Waals surface area contributed by atoms with Crippen LogP contribution in [0.15, 0.2) is 47.4 Å². The van der Waals surface area contributed by atoms with E-state index in [1.165, 1.54) is 24.2 Å². The summed E-state index contributed by atoms with van der Waals surface area (Å²) in [6, 6.07) is 13.1. The highest BCUT2D eigenvalue weighted by atomic mass is 32.2. The van der Waals surface area contributed by atoms with Gasteiger partial charge in [0.25, 0.3) is 0 Å². The van der Waals surface area contributed by atoms with Gasteiger partial charge in [-0.1, -0.05) is 24.3 Å². The molecule has 0 spiro atoms. The van der Waals surface area contributed by atoms with Gasteiger partial charge in [-0.15, -0.1) is 0 Å². The lowest BCUT2D eigenvalue weighted by atomic mass is 10.1. The highest BCUT2D eigenvalue weighted by molar-refractivity contribution is 7.89. The molecule has 1 aliphatic heterocycles. The Morgan fingerprint density at radius 2 is 1.71 bits per heavy atom. The van der Waals surface area contributed by atoms with Gasteiger partial charge in [0.1, 0.15) is 0 Å². The maximum Gasteiger partial charge on any atom is 0.240 e. The van der Waals surface area contributed by atoms with Crippen LogP contribution in [0.2, 0.25) is 0 Å². The second-order valence-corrected chi connectivity index (χ2v) is 6.94. The summed E-state index contributed by atoms with van der Waals surface area (Å²) < 4.78 is 25.9. The molecule has 0 atom stereocenters. The number of hydrogen-bond acceptors (Lipinski definition) is 4. The van der Waals surface area contributed by atoms with E-state index in [-0.39, 0.29) is 4.90 Å². The molecule has 5 nitrogen and oxygen atoms in total. The smallest absolute Gasteiger partial charge is 0.240 e. The largest absolute Gasteiger partial charge is 0.397 e. The minimum atomic E-state index is -3.46. The van der Waals surface area contributed by atoms with Gasteiger partial charge in [0, 0.05) is 13.1 Å². The number of anilines is 2. The number of nitrogens with one attached hydrogen (secondary N) is 1. The van der Waals surface area contributed by atoms with Gasteiger partial charge < -0.3 is 10.6 Å². The third-order valence-corrected chi connectivity index (χ3v) is 5.17. The van der Waals surface area contributed by atoms with E-state index < -0.39 is 10.0 Å². The van der Waals surface area contributed by atoms with E-state index in [9.17, 15) is 8.42 Å². The van der Waals surface area contributed by atoms with Crippen LogP contribution in [0.4, 0.5) is 11.4 Å². The predicted molar refractivity (Wildman–Crippen MR) is 83.4 cm³/mol. The van der Waals surface area contributed by atoms with E-state index in [1.54, 1.807) is 12.1 Å². The maximum absolute atomic E-state index is 11.8. The number of nitrogens with zero attached hydrogens (tertiary/aromatic N) is 1. The fraction of sp³-hybridized carbons (Fsp3) is 0.200. The van der Waals surface area contributed by atoms with Gasteiger partial charge in [-0.25, -0.2) is 13.1 Å². The van der Waals surface area contributed by atoms with E-state index >= 15 is 0 Å². The van der Waals surface area contributed by atoms with Gasteiger partial charge in [-0.3, -0.25) is 0 Å². The first kappa shape index (κ1) is 13.9. The molecule has 0 bridgehead atoms. The molecule has 0 aliphatic carbocycles. The van der Waals surface area contributed by atoms with Crippen molar-refractivity contribution in [2.24, 2.45) is 0 Å². The van der Waals surface area contributed by atoms with Crippen LogP contribution < -0.4 is 15.4 Å². The molecule has 2 aromatic carbocycles. The van der Waals surface area contributed by atoms with Crippen LogP contribution in [-0.4, -0.2) is 15.5 Å². The fourth-order valence-electron chi connectivity index (χ4n) is 2.61. The lowest BCUT2D eigenvalue weighted by Gasteiger charge is -2.20. The monoisotopic (exact) mass is 303 g/mol. The quantitative estimate of drug-likeness (QED) is 0.846. The Balaban J connectivity index is 1.92. The Morgan fingerprint density at radius 3 is 2.24 bits per heavy atom. The molecule has 3 N–H and O–H groups in total. The van der Waals surface area contributed by atoms with Crippen LogP contribution in [0.1, 0.15) is 11.1 Å². The Bertz CT molecular complexity index is 762. The van der Waals surface area contributed by atoms with Crippen molar-refractivity contribution in [3.63, 3.8) is 0 Å². The number of nitrogen functional groups attached to an aromatic ring is 1. The zero-order valence-electron chi connectivity index (χ0n) is 11.7. The standard InChI is InChI=1S/C15H17N3O2S/c1-17-21(19,20)13-6-7-15(14(16)8-13)18-9-11-4-2-3-5-12(11)10-18/h2-8,17H,9-10,16H2,1H3. The number of nitrogens with two attached hydrogens (primary N) is 1. The van der Waals surface area contributed by atoms with Gasteiger partial charge in [-0.05, 0) is 36.4 Å². The second-order valence-electron chi connectivity index (χ2n) is 5.05. The summed E-state index contributed by atoms with van der Waals surface area (Å²) in [7, 11) is -2.08. The summed E-state index contributed by atoms with van der Waals surface area (Å²) in [4.78, 5) is 2.33. The first-order chi connectivity index (χ1) is 10.0. The summed E-state index contributed by atoms with van der Waals surface area (Å²) in [5.74, 6) is 0. The van der Waals surface area contributed by atoms with E-state index in [1.807, 2.05) is 12.1 Å². The van der Waals surface area contributed by atoms with Gasteiger partial charge in [-0.2, -0.15) is 0 Å². The van der Waals surface area contributed by atoms with Crippen molar-refractivity contribution in [1.29, 1.82) is 0 Å². The van der Waals surface area contributed by atoms with E-state index in [2.05, 4.69) is 21.8 Å². The lowest BCUT2D eigenvalue weighted by molar-refractivity contribution is 0.588. The topological polar surface area (TPSA) is 75.4 Å². The average molecular weight is 303 g/mol. The molecule has 0 unspecified atom stereocenters. The molecule has 1 heterocycles. The van der Waals surface area contributed by atoms with Crippen molar-refractivity contribution in [1.82, 2.24) is 4.72 Å². The molecule has 3 rings (SSSR count). The van der Waals surface area contributed by atoms with Crippen LogP contribution >= 0.6 is 0 Å². The van der Waals surface area contributed by atoms with E-state index in [4.69, 9.17) is 5.73 Å². The number of fused-ring (bicyclic) bond motifs is 1. The second kappa shape index (κ2) is 5.05. The third kappa shape index (κ3) is 2.48. The molecule has 0 saturated carbocycles. The van der Waals surface area contributed by atoms with Crippen LogP contribution in [0.5, 0.6) is 0 Å². The first-order valence-corrected chi connectivity index (χ1v) is 8.14. The molecule has 0 radical (unpaired) electrons. The number of sulfonamides is 1. The molecule has 110 valence electrons. The molecule has 0 fully saturated rings. The van der Waals surface area contributed by atoms with Gasteiger partial charge in [0.15, 0.2) is 0 Å². The molecule has 0 aromatic heterocycles. The SMILES string of the molecule is CNS(=O)(=O)c1ccc(N2Cc3ccccc3C2)c(N)c1. The summed E-state index contributed by atoms with van der Waals surface area (Å²) in [5, 5.41) is 0. The minimum absolute atomic E-state index is 0.183. The van der Waals surface area contributed by atoms with Crippen molar-refractivity contribution < 1.29 is 8.42 Å². The average Bonchev–Trinajstić information content (AvgIpc) is 2.90. The predicted octanol–water partition coefficient (Wildman–Crippen LogP) is 1.70. The minimum Gasteiger partial charge on any atom is -0.397 e. The molecule has 1 aliphatic rings. The van der Waals surface area contributed by atoms with Gasteiger partial charge in [0.2, 0.25) is 10.0 Å². The van der Waals surface area contributed by atoms with Crippen molar-refractivity contribution in [2.75, 3.05) is 17.7 Å². The molecule has 21 heavy (non-hydrogen) atoms. The molecule has 6 heteroatoms. The van der Waals surface area contributed by atoms with Crippen molar-refractivity contribution in [3.05, 3.63) is 53.6 Å².